The molecule has 2 unspecified atom stereocenters. The van der Waals surface area contributed by atoms with Crippen LogP contribution < -0.4 is 10.6 Å². The van der Waals surface area contributed by atoms with E-state index in [1.54, 1.807) is 7.11 Å². The van der Waals surface area contributed by atoms with Crippen molar-refractivity contribution in [3.05, 3.63) is 34.9 Å². The van der Waals surface area contributed by atoms with Gasteiger partial charge in [-0.3, -0.25) is 4.99 Å². The minimum Gasteiger partial charge on any atom is -0.385 e. The summed E-state index contributed by atoms with van der Waals surface area (Å²) in [5.41, 5.74) is 1.32. The number of methoxy groups -OCH3 is 1. The molecule has 2 atom stereocenters. The standard InChI is InChI=1S/C21H33ClN4O.HI/c1-3-23-21(24-18-8-11-26(12-9-18)10-5-13-27-2)25-20-15-19(20)16-6-4-7-17(22)14-16;/h4,6-7,14,18-20H,3,5,8-13,15H2,1-2H3,(H2,23,24,25);1H. The fraction of sp³-hybridized carbons (Fsp3) is 0.667. The fourth-order valence-corrected chi connectivity index (χ4v) is 4.05. The molecule has 0 aromatic heterocycles. The highest BCUT2D eigenvalue weighted by atomic mass is 127. The van der Waals surface area contributed by atoms with Crippen molar-refractivity contribution in [2.24, 2.45) is 4.99 Å². The first-order chi connectivity index (χ1) is 13.2. The van der Waals surface area contributed by atoms with Crippen molar-refractivity contribution in [2.75, 3.05) is 39.9 Å². The van der Waals surface area contributed by atoms with Crippen LogP contribution in [0.15, 0.2) is 29.3 Å². The molecule has 2 aliphatic rings. The largest absolute Gasteiger partial charge is 0.385 e. The van der Waals surface area contributed by atoms with E-state index in [0.29, 0.717) is 18.0 Å². The number of piperidine rings is 1. The smallest absolute Gasteiger partial charge is 0.191 e. The molecule has 0 spiro atoms. The summed E-state index contributed by atoms with van der Waals surface area (Å²) in [6.07, 6.45) is 4.59. The molecule has 5 nitrogen and oxygen atoms in total. The normalized spacial score (nSPS) is 23.2. The van der Waals surface area contributed by atoms with Crippen LogP contribution in [0.2, 0.25) is 5.02 Å². The summed E-state index contributed by atoms with van der Waals surface area (Å²) < 4.78 is 5.15. The van der Waals surface area contributed by atoms with Crippen LogP contribution in [0, 0.1) is 0 Å². The summed E-state index contributed by atoms with van der Waals surface area (Å²) >= 11 is 6.13. The van der Waals surface area contributed by atoms with Crippen molar-refractivity contribution in [3.8, 4) is 0 Å². The Kier molecular flexibility index (Phi) is 10.3. The van der Waals surface area contributed by atoms with Gasteiger partial charge in [-0.05, 0) is 50.3 Å². The molecule has 1 saturated heterocycles. The second-order valence-electron chi connectivity index (χ2n) is 7.58. The molecule has 0 amide bonds. The SMILES string of the molecule is CCN=C(NC1CCN(CCCOC)CC1)NC1CC1c1cccc(Cl)c1.I. The van der Waals surface area contributed by atoms with Crippen molar-refractivity contribution >= 4 is 41.5 Å². The molecule has 28 heavy (non-hydrogen) atoms. The van der Waals surface area contributed by atoms with Crippen LogP contribution in [0.4, 0.5) is 0 Å². The quantitative estimate of drug-likeness (QED) is 0.236. The van der Waals surface area contributed by atoms with Gasteiger partial charge >= 0.3 is 0 Å². The van der Waals surface area contributed by atoms with Crippen molar-refractivity contribution < 1.29 is 4.74 Å². The number of halogens is 2. The Hall–Kier alpha value is -0.570. The lowest BCUT2D eigenvalue weighted by Crippen LogP contribution is -2.49. The molecule has 0 bridgehead atoms. The molecule has 3 rings (SSSR count). The molecule has 1 heterocycles. The average Bonchev–Trinajstić information content (AvgIpc) is 3.43. The Balaban J connectivity index is 0.00000280. The molecule has 2 fully saturated rings. The van der Waals surface area contributed by atoms with Crippen molar-refractivity contribution in [3.63, 3.8) is 0 Å². The lowest BCUT2D eigenvalue weighted by molar-refractivity contribution is 0.155. The molecule has 0 radical (unpaired) electrons. The monoisotopic (exact) mass is 520 g/mol. The molecule has 1 aliphatic heterocycles. The second kappa shape index (κ2) is 12.2. The van der Waals surface area contributed by atoms with E-state index in [-0.39, 0.29) is 24.0 Å². The van der Waals surface area contributed by atoms with Gasteiger partial charge in [-0.25, -0.2) is 0 Å². The Morgan fingerprint density at radius 1 is 1.29 bits per heavy atom. The van der Waals surface area contributed by atoms with Gasteiger partial charge in [-0.2, -0.15) is 0 Å². The predicted molar refractivity (Wildman–Crippen MR) is 128 cm³/mol. The van der Waals surface area contributed by atoms with Crippen LogP contribution in [0.1, 0.15) is 44.1 Å². The van der Waals surface area contributed by atoms with E-state index in [1.807, 2.05) is 12.1 Å². The summed E-state index contributed by atoms with van der Waals surface area (Å²) in [5.74, 6) is 1.50. The van der Waals surface area contributed by atoms with E-state index < -0.39 is 0 Å². The summed E-state index contributed by atoms with van der Waals surface area (Å²) in [5, 5.41) is 8.10. The van der Waals surface area contributed by atoms with Crippen molar-refractivity contribution in [2.45, 2.75) is 50.6 Å². The maximum Gasteiger partial charge on any atom is 0.191 e. The molecule has 1 aliphatic carbocycles. The third kappa shape index (κ3) is 7.35. The number of ether oxygens (including phenoxy) is 1. The number of hydrogen-bond donors (Lipinski definition) is 2. The number of nitrogens with zero attached hydrogens (tertiary/aromatic N) is 2. The summed E-state index contributed by atoms with van der Waals surface area (Å²) in [6.45, 7) is 7.16. The lowest BCUT2D eigenvalue weighted by atomic mass is 10.1. The highest BCUT2D eigenvalue weighted by Crippen LogP contribution is 2.41. The van der Waals surface area contributed by atoms with Gasteiger partial charge < -0.3 is 20.3 Å². The number of aliphatic imine (C=N–C) groups is 1. The van der Waals surface area contributed by atoms with Gasteiger partial charge in [0, 0.05) is 62.9 Å². The number of guanidine groups is 1. The first-order valence-electron chi connectivity index (χ1n) is 10.2. The van der Waals surface area contributed by atoms with Crippen LogP contribution in [0.5, 0.6) is 0 Å². The first kappa shape index (κ1) is 23.7. The van der Waals surface area contributed by atoms with Crippen LogP contribution in [-0.4, -0.2) is 62.8 Å². The van der Waals surface area contributed by atoms with E-state index in [0.717, 1.165) is 56.6 Å². The third-order valence-electron chi connectivity index (χ3n) is 5.46. The Labute approximate surface area is 191 Å². The second-order valence-corrected chi connectivity index (χ2v) is 8.01. The molecule has 1 aromatic carbocycles. The third-order valence-corrected chi connectivity index (χ3v) is 5.69. The van der Waals surface area contributed by atoms with E-state index in [2.05, 4.69) is 39.6 Å². The van der Waals surface area contributed by atoms with Crippen molar-refractivity contribution in [1.29, 1.82) is 0 Å². The van der Waals surface area contributed by atoms with E-state index in [1.165, 1.54) is 18.4 Å². The zero-order valence-corrected chi connectivity index (χ0v) is 20.1. The lowest BCUT2D eigenvalue weighted by Gasteiger charge is -2.33. The number of nitrogens with one attached hydrogen (secondary N) is 2. The van der Waals surface area contributed by atoms with Crippen LogP contribution >= 0.6 is 35.6 Å². The number of benzene rings is 1. The zero-order chi connectivity index (χ0) is 19.1. The first-order valence-corrected chi connectivity index (χ1v) is 10.6. The van der Waals surface area contributed by atoms with Crippen LogP contribution in [0.25, 0.3) is 0 Å². The van der Waals surface area contributed by atoms with E-state index >= 15 is 0 Å². The van der Waals surface area contributed by atoms with E-state index in [9.17, 15) is 0 Å². The number of likely N-dealkylation sites (tertiary alicyclic amines) is 1. The minimum absolute atomic E-state index is 0. The fourth-order valence-electron chi connectivity index (χ4n) is 3.85. The molecule has 158 valence electrons. The summed E-state index contributed by atoms with van der Waals surface area (Å²) in [6, 6.07) is 9.18. The maximum atomic E-state index is 6.13. The van der Waals surface area contributed by atoms with Gasteiger partial charge in [0.2, 0.25) is 0 Å². The maximum absolute atomic E-state index is 6.13. The van der Waals surface area contributed by atoms with Gasteiger partial charge in [-0.15, -0.1) is 24.0 Å². The molecule has 1 saturated carbocycles. The van der Waals surface area contributed by atoms with Gasteiger partial charge in [0.25, 0.3) is 0 Å². The average molecular weight is 521 g/mol. The zero-order valence-electron chi connectivity index (χ0n) is 17.0. The molecular weight excluding hydrogens is 487 g/mol. The topological polar surface area (TPSA) is 48.9 Å². The van der Waals surface area contributed by atoms with Gasteiger partial charge in [0.05, 0.1) is 0 Å². The highest BCUT2D eigenvalue weighted by Gasteiger charge is 2.39. The summed E-state index contributed by atoms with van der Waals surface area (Å²) in [4.78, 5) is 7.20. The Morgan fingerprint density at radius 2 is 2.07 bits per heavy atom. The highest BCUT2D eigenvalue weighted by molar-refractivity contribution is 14.0. The molecular formula is C21H34ClIN4O. The van der Waals surface area contributed by atoms with Crippen molar-refractivity contribution in [1.82, 2.24) is 15.5 Å². The van der Waals surface area contributed by atoms with E-state index in [4.69, 9.17) is 16.3 Å². The van der Waals surface area contributed by atoms with Gasteiger partial charge in [0.1, 0.15) is 0 Å². The van der Waals surface area contributed by atoms with Crippen LogP contribution in [-0.2, 0) is 4.74 Å². The molecule has 1 aromatic rings. The summed E-state index contributed by atoms with van der Waals surface area (Å²) in [7, 11) is 1.77. The van der Waals surface area contributed by atoms with Gasteiger partial charge in [-0.1, -0.05) is 23.7 Å². The minimum atomic E-state index is 0. The van der Waals surface area contributed by atoms with Crippen LogP contribution in [0.3, 0.4) is 0 Å². The number of rotatable bonds is 8. The molecule has 2 N–H and O–H groups in total. The Bertz CT molecular complexity index is 622. The molecule has 7 heteroatoms. The predicted octanol–water partition coefficient (Wildman–Crippen LogP) is 3.87. The number of hydrogen-bond acceptors (Lipinski definition) is 3. The Morgan fingerprint density at radius 3 is 2.75 bits per heavy atom. The van der Waals surface area contributed by atoms with Gasteiger partial charge in [0.15, 0.2) is 5.96 Å².